The maximum absolute atomic E-state index is 12.7. The number of piperazine rings is 1. The number of benzene rings is 1. The van der Waals surface area contributed by atoms with Gasteiger partial charge in [-0.3, -0.25) is 14.6 Å². The van der Waals surface area contributed by atoms with E-state index in [4.69, 9.17) is 0 Å². The molecule has 1 saturated heterocycles. The molecule has 2 rings (SSSR count). The van der Waals surface area contributed by atoms with Gasteiger partial charge in [0.1, 0.15) is 0 Å². The van der Waals surface area contributed by atoms with Crippen LogP contribution in [0.5, 0.6) is 0 Å². The zero-order chi connectivity index (χ0) is 14.8. The SMILES string of the molecule is CCC(C(=O)c1ccccc1)N1CCN(C)C(C)(C)C1. The van der Waals surface area contributed by atoms with Gasteiger partial charge in [-0.1, -0.05) is 37.3 Å². The molecule has 0 amide bonds. The van der Waals surface area contributed by atoms with E-state index in [-0.39, 0.29) is 17.4 Å². The minimum absolute atomic E-state index is 0.00498. The van der Waals surface area contributed by atoms with Crippen molar-refractivity contribution in [3.8, 4) is 0 Å². The second-order valence-electron chi connectivity index (χ2n) is 6.36. The van der Waals surface area contributed by atoms with Crippen LogP contribution in [0.3, 0.4) is 0 Å². The third-order valence-corrected chi connectivity index (χ3v) is 4.53. The Kier molecular flexibility index (Phi) is 4.61. The van der Waals surface area contributed by atoms with Gasteiger partial charge in [0.2, 0.25) is 0 Å². The van der Waals surface area contributed by atoms with E-state index in [1.165, 1.54) is 0 Å². The summed E-state index contributed by atoms with van der Waals surface area (Å²) in [5.74, 6) is 0.258. The molecule has 3 nitrogen and oxygen atoms in total. The molecule has 1 aliphatic rings. The maximum Gasteiger partial charge on any atom is 0.179 e. The monoisotopic (exact) mass is 274 g/mol. The summed E-state index contributed by atoms with van der Waals surface area (Å²) in [6, 6.07) is 9.68. The summed E-state index contributed by atoms with van der Waals surface area (Å²) in [5, 5.41) is 0. The zero-order valence-corrected chi connectivity index (χ0v) is 13.1. The van der Waals surface area contributed by atoms with Gasteiger partial charge in [0.25, 0.3) is 0 Å². The summed E-state index contributed by atoms with van der Waals surface area (Å²) in [7, 11) is 2.16. The standard InChI is InChI=1S/C17H26N2O/c1-5-15(16(20)14-9-7-6-8-10-14)19-12-11-18(4)17(2,3)13-19/h6-10,15H,5,11-13H2,1-4H3. The lowest BCUT2D eigenvalue weighted by molar-refractivity contribution is 0.0170. The predicted molar refractivity (Wildman–Crippen MR) is 83.1 cm³/mol. The summed E-state index contributed by atoms with van der Waals surface area (Å²) >= 11 is 0. The highest BCUT2D eigenvalue weighted by Crippen LogP contribution is 2.23. The second-order valence-corrected chi connectivity index (χ2v) is 6.36. The Balaban J connectivity index is 2.15. The van der Waals surface area contributed by atoms with E-state index in [1.807, 2.05) is 30.3 Å². The molecular formula is C17H26N2O. The summed E-state index contributed by atoms with van der Waals surface area (Å²) in [6.07, 6.45) is 0.869. The molecule has 0 aliphatic carbocycles. The van der Waals surface area contributed by atoms with Crippen molar-refractivity contribution in [1.82, 2.24) is 9.80 Å². The summed E-state index contributed by atoms with van der Waals surface area (Å²) in [5.41, 5.74) is 0.957. The van der Waals surface area contributed by atoms with Crippen molar-refractivity contribution in [3.63, 3.8) is 0 Å². The van der Waals surface area contributed by atoms with E-state index >= 15 is 0 Å². The van der Waals surface area contributed by atoms with Crippen LogP contribution < -0.4 is 0 Å². The van der Waals surface area contributed by atoms with Crippen molar-refractivity contribution in [1.29, 1.82) is 0 Å². The molecule has 0 saturated carbocycles. The second kappa shape index (κ2) is 6.06. The van der Waals surface area contributed by atoms with E-state index in [2.05, 4.69) is 37.6 Å². The Bertz CT molecular complexity index is 455. The number of likely N-dealkylation sites (N-methyl/N-ethyl adjacent to an activating group) is 1. The average Bonchev–Trinajstić information content (AvgIpc) is 2.44. The van der Waals surface area contributed by atoms with Crippen LogP contribution in [-0.2, 0) is 0 Å². The zero-order valence-electron chi connectivity index (χ0n) is 13.1. The molecular weight excluding hydrogens is 248 g/mol. The minimum atomic E-state index is 0.00498. The highest BCUT2D eigenvalue weighted by molar-refractivity contribution is 6.00. The van der Waals surface area contributed by atoms with Crippen molar-refractivity contribution < 1.29 is 4.79 Å². The molecule has 1 unspecified atom stereocenters. The molecule has 1 aromatic carbocycles. The number of carbonyl (C=O) groups is 1. The quantitative estimate of drug-likeness (QED) is 0.789. The Morgan fingerprint density at radius 3 is 2.45 bits per heavy atom. The van der Waals surface area contributed by atoms with Gasteiger partial charge < -0.3 is 0 Å². The molecule has 110 valence electrons. The van der Waals surface area contributed by atoms with Gasteiger partial charge in [-0.15, -0.1) is 0 Å². The van der Waals surface area contributed by atoms with Gasteiger partial charge >= 0.3 is 0 Å². The number of carbonyl (C=O) groups excluding carboxylic acids is 1. The molecule has 0 radical (unpaired) electrons. The molecule has 0 aromatic heterocycles. The fourth-order valence-corrected chi connectivity index (χ4v) is 2.95. The Morgan fingerprint density at radius 2 is 1.90 bits per heavy atom. The molecule has 1 heterocycles. The fourth-order valence-electron chi connectivity index (χ4n) is 2.95. The summed E-state index contributed by atoms with van der Waals surface area (Å²) in [6.45, 7) is 9.54. The van der Waals surface area contributed by atoms with Crippen LogP contribution in [0, 0.1) is 0 Å². The van der Waals surface area contributed by atoms with Crippen molar-refractivity contribution >= 4 is 5.78 Å². The van der Waals surface area contributed by atoms with Crippen molar-refractivity contribution in [2.45, 2.75) is 38.8 Å². The number of nitrogens with zero attached hydrogens (tertiary/aromatic N) is 2. The van der Waals surface area contributed by atoms with Crippen molar-refractivity contribution in [3.05, 3.63) is 35.9 Å². The fraction of sp³-hybridized carbons (Fsp3) is 0.588. The van der Waals surface area contributed by atoms with Crippen LogP contribution in [0.1, 0.15) is 37.6 Å². The minimum Gasteiger partial charge on any atom is -0.299 e. The van der Waals surface area contributed by atoms with Gasteiger partial charge in [-0.25, -0.2) is 0 Å². The number of hydrogen-bond donors (Lipinski definition) is 0. The smallest absolute Gasteiger partial charge is 0.179 e. The molecule has 1 atom stereocenters. The van der Waals surface area contributed by atoms with Gasteiger partial charge in [0.15, 0.2) is 5.78 Å². The third-order valence-electron chi connectivity index (χ3n) is 4.53. The maximum atomic E-state index is 12.7. The summed E-state index contributed by atoms with van der Waals surface area (Å²) in [4.78, 5) is 17.4. The third kappa shape index (κ3) is 3.10. The first-order valence-corrected chi connectivity index (χ1v) is 7.50. The van der Waals surface area contributed by atoms with Gasteiger partial charge in [0.05, 0.1) is 6.04 Å². The normalized spacial score (nSPS) is 21.6. The number of ketones is 1. The molecule has 20 heavy (non-hydrogen) atoms. The molecule has 1 aromatic rings. The van der Waals surface area contributed by atoms with Crippen LogP contribution in [-0.4, -0.2) is 53.8 Å². The van der Waals surface area contributed by atoms with Crippen LogP contribution in [0.4, 0.5) is 0 Å². The highest BCUT2D eigenvalue weighted by atomic mass is 16.1. The molecule has 0 N–H and O–H groups in total. The van der Waals surface area contributed by atoms with E-state index in [0.717, 1.165) is 31.6 Å². The topological polar surface area (TPSA) is 23.6 Å². The number of Topliss-reactive ketones (excluding diaryl/α,β-unsaturated/α-hetero) is 1. The van der Waals surface area contributed by atoms with Crippen LogP contribution in [0.15, 0.2) is 30.3 Å². The Morgan fingerprint density at radius 1 is 1.25 bits per heavy atom. The molecule has 3 heteroatoms. The lowest BCUT2D eigenvalue weighted by Crippen LogP contribution is -2.60. The molecule has 1 fully saturated rings. The first-order valence-electron chi connectivity index (χ1n) is 7.50. The largest absolute Gasteiger partial charge is 0.299 e. The van der Waals surface area contributed by atoms with Gasteiger partial charge in [-0.2, -0.15) is 0 Å². The summed E-state index contributed by atoms with van der Waals surface area (Å²) < 4.78 is 0. The van der Waals surface area contributed by atoms with Crippen LogP contribution >= 0.6 is 0 Å². The molecule has 0 spiro atoms. The van der Waals surface area contributed by atoms with E-state index < -0.39 is 0 Å². The highest BCUT2D eigenvalue weighted by Gasteiger charge is 2.36. The number of rotatable bonds is 4. The molecule has 0 bridgehead atoms. The molecule has 1 aliphatic heterocycles. The predicted octanol–water partition coefficient (Wildman–Crippen LogP) is 2.67. The number of hydrogen-bond acceptors (Lipinski definition) is 3. The lowest BCUT2D eigenvalue weighted by Gasteiger charge is -2.47. The Hall–Kier alpha value is -1.19. The van der Waals surface area contributed by atoms with Crippen molar-refractivity contribution in [2.75, 3.05) is 26.7 Å². The van der Waals surface area contributed by atoms with Crippen molar-refractivity contribution in [2.24, 2.45) is 0 Å². The first kappa shape index (κ1) is 15.2. The Labute approximate surface area is 122 Å². The van der Waals surface area contributed by atoms with E-state index in [0.29, 0.717) is 0 Å². The van der Waals surface area contributed by atoms with E-state index in [9.17, 15) is 4.79 Å². The lowest BCUT2D eigenvalue weighted by atomic mass is 9.94. The average molecular weight is 274 g/mol. The van der Waals surface area contributed by atoms with Gasteiger partial charge in [0, 0.05) is 30.7 Å². The first-order chi connectivity index (χ1) is 9.45. The van der Waals surface area contributed by atoms with Gasteiger partial charge in [-0.05, 0) is 27.3 Å². The van der Waals surface area contributed by atoms with E-state index in [1.54, 1.807) is 0 Å². The van der Waals surface area contributed by atoms with Crippen LogP contribution in [0.25, 0.3) is 0 Å². The van der Waals surface area contributed by atoms with Crippen LogP contribution in [0.2, 0.25) is 0 Å².